The van der Waals surface area contributed by atoms with E-state index in [2.05, 4.69) is 11.1 Å². The van der Waals surface area contributed by atoms with Gasteiger partial charge < -0.3 is 0 Å². The van der Waals surface area contributed by atoms with Crippen LogP contribution in [0.5, 0.6) is 0 Å². The van der Waals surface area contributed by atoms with E-state index in [1.54, 1.807) is 0 Å². The number of aryl methyl sites for hydroxylation is 2. The van der Waals surface area contributed by atoms with Crippen molar-refractivity contribution in [3.63, 3.8) is 0 Å². The molecule has 0 spiro atoms. The highest BCUT2D eigenvalue weighted by molar-refractivity contribution is 6.31. The van der Waals surface area contributed by atoms with E-state index in [1.807, 2.05) is 0 Å². The fraction of sp³-hybridized carbons (Fsp3) is 0.545. The number of nitrogens with zero attached hydrogens (tertiary/aromatic N) is 1. The van der Waals surface area contributed by atoms with E-state index in [0.717, 1.165) is 18.4 Å². The zero-order chi connectivity index (χ0) is 9.97. The maximum absolute atomic E-state index is 6.02. The Labute approximate surface area is 94.4 Å². The minimum atomic E-state index is 0.457. The van der Waals surface area contributed by atoms with Crippen molar-refractivity contribution in [2.24, 2.45) is 0 Å². The predicted octanol–water partition coefficient (Wildman–Crippen LogP) is 3.74. The Balaban J connectivity index is 2.41. The summed E-state index contributed by atoms with van der Waals surface area (Å²) in [7, 11) is 0. The maximum atomic E-state index is 6.02. The number of alkyl halides is 1. The molecule has 0 N–H and O–H groups in total. The van der Waals surface area contributed by atoms with Crippen molar-refractivity contribution in [2.75, 3.05) is 0 Å². The van der Waals surface area contributed by atoms with Gasteiger partial charge in [-0.05, 0) is 37.3 Å². The lowest BCUT2D eigenvalue weighted by Crippen LogP contribution is -1.98. The highest BCUT2D eigenvalue weighted by Crippen LogP contribution is 2.24. The molecule has 76 valence electrons. The summed E-state index contributed by atoms with van der Waals surface area (Å²) in [6.45, 7) is 0. The average molecular weight is 230 g/mol. The van der Waals surface area contributed by atoms with Gasteiger partial charge in [0.15, 0.2) is 0 Å². The van der Waals surface area contributed by atoms with E-state index in [-0.39, 0.29) is 0 Å². The van der Waals surface area contributed by atoms with Gasteiger partial charge in [0.1, 0.15) is 5.15 Å². The van der Waals surface area contributed by atoms with E-state index >= 15 is 0 Å². The molecule has 3 heteroatoms. The minimum absolute atomic E-state index is 0.457. The summed E-state index contributed by atoms with van der Waals surface area (Å²) in [5, 5.41) is 0.584. The second-order valence-electron chi connectivity index (χ2n) is 3.74. The van der Waals surface area contributed by atoms with Crippen LogP contribution in [0.2, 0.25) is 5.15 Å². The molecule has 1 aliphatic carbocycles. The molecule has 1 aliphatic rings. The van der Waals surface area contributed by atoms with E-state index in [4.69, 9.17) is 23.2 Å². The van der Waals surface area contributed by atoms with Gasteiger partial charge in [-0.1, -0.05) is 18.0 Å². The molecule has 0 aliphatic heterocycles. The first-order chi connectivity index (χ1) is 6.81. The Kier molecular flexibility index (Phi) is 3.30. The van der Waals surface area contributed by atoms with Crippen molar-refractivity contribution in [2.45, 2.75) is 38.0 Å². The first-order valence-electron chi connectivity index (χ1n) is 5.04. The molecule has 0 saturated heterocycles. The van der Waals surface area contributed by atoms with Crippen molar-refractivity contribution in [1.29, 1.82) is 0 Å². The summed E-state index contributed by atoms with van der Waals surface area (Å²) in [4.78, 5) is 4.43. The van der Waals surface area contributed by atoms with Crippen LogP contribution in [0.4, 0.5) is 0 Å². The second kappa shape index (κ2) is 4.50. The van der Waals surface area contributed by atoms with Crippen molar-refractivity contribution in [1.82, 2.24) is 4.98 Å². The van der Waals surface area contributed by atoms with E-state index in [9.17, 15) is 0 Å². The lowest BCUT2D eigenvalue weighted by molar-refractivity contribution is 0.708. The standard InChI is InChI=1S/C11H13Cl2N/c12-7-9-6-8-4-2-1-3-5-10(8)14-11(9)13/h6H,1-5,7H2. The molecule has 0 amide bonds. The second-order valence-corrected chi connectivity index (χ2v) is 4.36. The molecule has 2 rings (SSSR count). The number of rotatable bonds is 1. The van der Waals surface area contributed by atoms with Crippen molar-refractivity contribution in [3.8, 4) is 0 Å². The number of hydrogen-bond donors (Lipinski definition) is 0. The first-order valence-corrected chi connectivity index (χ1v) is 5.95. The Morgan fingerprint density at radius 3 is 2.79 bits per heavy atom. The number of halogens is 2. The van der Waals surface area contributed by atoms with Crippen molar-refractivity contribution < 1.29 is 0 Å². The van der Waals surface area contributed by atoms with Crippen molar-refractivity contribution in [3.05, 3.63) is 28.0 Å². The molecular formula is C11H13Cl2N. The number of pyridine rings is 1. The third-order valence-corrected chi connectivity index (χ3v) is 3.34. The molecule has 0 atom stereocenters. The van der Waals surface area contributed by atoms with E-state index < -0.39 is 0 Å². The van der Waals surface area contributed by atoms with Crippen LogP contribution < -0.4 is 0 Å². The first kappa shape index (κ1) is 10.3. The lowest BCUT2D eigenvalue weighted by atomic mass is 10.1. The molecule has 1 nitrogen and oxygen atoms in total. The minimum Gasteiger partial charge on any atom is -0.241 e. The summed E-state index contributed by atoms with van der Waals surface area (Å²) in [6, 6.07) is 2.13. The molecule has 14 heavy (non-hydrogen) atoms. The summed E-state index contributed by atoms with van der Waals surface area (Å²) < 4.78 is 0. The van der Waals surface area contributed by atoms with Crippen LogP contribution in [0.25, 0.3) is 0 Å². The van der Waals surface area contributed by atoms with Crippen LogP contribution >= 0.6 is 23.2 Å². The Morgan fingerprint density at radius 1 is 1.21 bits per heavy atom. The highest BCUT2D eigenvalue weighted by atomic mass is 35.5. The summed E-state index contributed by atoms with van der Waals surface area (Å²) in [5.41, 5.74) is 3.50. The maximum Gasteiger partial charge on any atom is 0.133 e. The van der Waals surface area contributed by atoms with E-state index in [1.165, 1.54) is 30.5 Å². The van der Waals surface area contributed by atoms with Crippen LogP contribution in [0, 0.1) is 0 Å². The molecule has 0 bridgehead atoms. The molecule has 1 heterocycles. The van der Waals surface area contributed by atoms with Gasteiger partial charge in [0.25, 0.3) is 0 Å². The molecule has 0 aromatic carbocycles. The summed E-state index contributed by atoms with van der Waals surface area (Å²) in [5.74, 6) is 0.457. The zero-order valence-corrected chi connectivity index (χ0v) is 9.53. The van der Waals surface area contributed by atoms with Crippen LogP contribution in [0.3, 0.4) is 0 Å². The van der Waals surface area contributed by atoms with Gasteiger partial charge in [0.05, 0.1) is 5.88 Å². The molecule has 1 aromatic rings. The largest absolute Gasteiger partial charge is 0.241 e. The zero-order valence-electron chi connectivity index (χ0n) is 8.02. The quantitative estimate of drug-likeness (QED) is 0.407. The van der Waals surface area contributed by atoms with Crippen LogP contribution in [0.1, 0.15) is 36.1 Å². The predicted molar refractivity (Wildman–Crippen MR) is 60.1 cm³/mol. The normalized spacial score (nSPS) is 16.1. The third kappa shape index (κ3) is 2.04. The van der Waals surface area contributed by atoms with Gasteiger partial charge in [-0.3, -0.25) is 0 Å². The average Bonchev–Trinajstić information content (AvgIpc) is 2.41. The van der Waals surface area contributed by atoms with Gasteiger partial charge in [-0.15, -0.1) is 11.6 Å². The van der Waals surface area contributed by atoms with Crippen LogP contribution in [-0.4, -0.2) is 4.98 Å². The molecular weight excluding hydrogens is 217 g/mol. The van der Waals surface area contributed by atoms with Gasteiger partial charge >= 0.3 is 0 Å². The van der Waals surface area contributed by atoms with Gasteiger partial charge in [-0.25, -0.2) is 4.98 Å². The SMILES string of the molecule is ClCc1cc2c(nc1Cl)CCCCC2. The number of hydrogen-bond acceptors (Lipinski definition) is 1. The monoisotopic (exact) mass is 229 g/mol. The fourth-order valence-electron chi connectivity index (χ4n) is 1.93. The Bertz CT molecular complexity index is 336. The molecule has 0 radical (unpaired) electrons. The smallest absolute Gasteiger partial charge is 0.133 e. The number of fused-ring (bicyclic) bond motifs is 1. The number of aromatic nitrogens is 1. The molecule has 1 aromatic heterocycles. The molecule has 0 unspecified atom stereocenters. The molecule has 0 fully saturated rings. The molecule has 0 saturated carbocycles. The highest BCUT2D eigenvalue weighted by Gasteiger charge is 2.12. The summed E-state index contributed by atoms with van der Waals surface area (Å²) >= 11 is 11.8. The van der Waals surface area contributed by atoms with Gasteiger partial charge in [0.2, 0.25) is 0 Å². The van der Waals surface area contributed by atoms with Gasteiger partial charge in [-0.2, -0.15) is 0 Å². The lowest BCUT2D eigenvalue weighted by Gasteiger charge is -2.08. The van der Waals surface area contributed by atoms with Crippen LogP contribution in [0.15, 0.2) is 6.07 Å². The topological polar surface area (TPSA) is 12.9 Å². The fourth-order valence-corrected chi connectivity index (χ4v) is 2.42. The van der Waals surface area contributed by atoms with Crippen molar-refractivity contribution >= 4 is 23.2 Å². The third-order valence-electron chi connectivity index (χ3n) is 2.72. The van der Waals surface area contributed by atoms with E-state index in [0.29, 0.717) is 11.0 Å². The Morgan fingerprint density at radius 2 is 2.00 bits per heavy atom. The Hall–Kier alpha value is -0.270. The van der Waals surface area contributed by atoms with Gasteiger partial charge in [0, 0.05) is 11.3 Å². The van der Waals surface area contributed by atoms with Crippen LogP contribution in [-0.2, 0) is 18.7 Å². The summed E-state index contributed by atoms with van der Waals surface area (Å²) in [6.07, 6.45) is 5.99.